The highest BCUT2D eigenvalue weighted by atomic mass is 79.9. The SMILES string of the molecule is CC(=O)N(c1ccccc1)C1C(C[P+](c2ccccc2)(c2ccccc2)c2ccccc2)=C(C(=O)OC(C)(C)C)N2C(=O)C[C@H]2[S@+]1[O-].[Br-]. The van der Waals surface area contributed by atoms with Gasteiger partial charge in [0.25, 0.3) is 0 Å². The van der Waals surface area contributed by atoms with Crippen LogP contribution in [0.25, 0.3) is 0 Å². The van der Waals surface area contributed by atoms with Crippen LogP contribution in [0.2, 0.25) is 0 Å². The molecule has 4 aromatic carbocycles. The van der Waals surface area contributed by atoms with Crippen molar-refractivity contribution in [3.63, 3.8) is 0 Å². The van der Waals surface area contributed by atoms with Crippen molar-refractivity contribution in [3.05, 3.63) is 133 Å². The predicted octanol–water partition coefficient (Wildman–Crippen LogP) is 2.28. The molecule has 2 amide bonds. The van der Waals surface area contributed by atoms with Gasteiger partial charge in [0.2, 0.25) is 22.6 Å². The van der Waals surface area contributed by atoms with Gasteiger partial charge in [-0.2, -0.15) is 0 Å². The van der Waals surface area contributed by atoms with Crippen molar-refractivity contribution < 1.29 is 40.7 Å². The Bertz CT molecular complexity index is 1710. The van der Waals surface area contributed by atoms with Crippen LogP contribution in [0.1, 0.15) is 34.1 Å². The molecule has 48 heavy (non-hydrogen) atoms. The summed E-state index contributed by atoms with van der Waals surface area (Å²) in [5.41, 5.74) is 0.224. The largest absolute Gasteiger partial charge is 1.00 e. The van der Waals surface area contributed by atoms with Crippen molar-refractivity contribution in [2.24, 2.45) is 0 Å². The Hall–Kier alpha value is -3.75. The number of anilines is 1. The van der Waals surface area contributed by atoms with E-state index in [9.17, 15) is 18.9 Å². The van der Waals surface area contributed by atoms with Crippen LogP contribution in [0.5, 0.6) is 0 Å². The number of rotatable bonds is 8. The molecule has 10 heteroatoms. The number of amides is 2. The quantitative estimate of drug-likeness (QED) is 0.120. The molecule has 1 saturated heterocycles. The molecule has 0 aliphatic carbocycles. The molecule has 0 radical (unpaired) electrons. The van der Waals surface area contributed by atoms with Gasteiger partial charge >= 0.3 is 5.97 Å². The molecule has 248 valence electrons. The second-order valence-corrected chi connectivity index (χ2v) is 17.8. The van der Waals surface area contributed by atoms with Gasteiger partial charge in [-0.15, -0.1) is 0 Å². The Kier molecular flexibility index (Phi) is 10.7. The van der Waals surface area contributed by atoms with E-state index in [0.717, 1.165) is 15.9 Å². The molecule has 0 bridgehead atoms. The number of para-hydroxylation sites is 1. The van der Waals surface area contributed by atoms with Crippen LogP contribution < -0.4 is 37.8 Å². The summed E-state index contributed by atoms with van der Waals surface area (Å²) in [6.07, 6.45) is 0.253. The van der Waals surface area contributed by atoms with Crippen LogP contribution in [0.3, 0.4) is 0 Å². The van der Waals surface area contributed by atoms with Crippen LogP contribution in [0, 0.1) is 0 Å². The maximum atomic E-state index is 14.8. The second kappa shape index (κ2) is 14.4. The summed E-state index contributed by atoms with van der Waals surface area (Å²) in [4.78, 5) is 44.3. The van der Waals surface area contributed by atoms with E-state index in [-0.39, 0.29) is 47.1 Å². The van der Waals surface area contributed by atoms with Crippen molar-refractivity contribution in [2.75, 3.05) is 11.1 Å². The number of nitrogens with zero attached hydrogens (tertiary/aromatic N) is 2. The molecule has 1 unspecified atom stereocenters. The maximum absolute atomic E-state index is 14.8. The van der Waals surface area contributed by atoms with Gasteiger partial charge in [-0.05, 0) is 69.3 Å². The van der Waals surface area contributed by atoms with Gasteiger partial charge in [0, 0.05) is 23.8 Å². The first-order valence-corrected chi connectivity index (χ1v) is 18.9. The Morgan fingerprint density at radius 3 is 1.67 bits per heavy atom. The lowest BCUT2D eigenvalue weighted by Crippen LogP contribution is -3.00. The van der Waals surface area contributed by atoms with Crippen LogP contribution in [-0.4, -0.2) is 49.7 Å². The summed E-state index contributed by atoms with van der Waals surface area (Å²) in [5, 5.41) is 1.35. The van der Waals surface area contributed by atoms with Gasteiger partial charge in [-0.3, -0.25) is 19.4 Å². The molecule has 0 aromatic heterocycles. The first-order valence-electron chi connectivity index (χ1n) is 15.6. The molecule has 4 aromatic rings. The van der Waals surface area contributed by atoms with E-state index >= 15 is 0 Å². The van der Waals surface area contributed by atoms with Gasteiger partial charge in [0.1, 0.15) is 40.6 Å². The number of carbonyl (C=O) groups excluding carboxylic acids is 3. The number of β-lactam (4-membered cyclic amide) rings is 1. The predicted molar refractivity (Wildman–Crippen MR) is 190 cm³/mol. The zero-order valence-corrected chi connectivity index (χ0v) is 30.6. The van der Waals surface area contributed by atoms with Crippen molar-refractivity contribution >= 4 is 57.8 Å². The first-order chi connectivity index (χ1) is 22.5. The number of fused-ring (bicyclic) bond motifs is 1. The van der Waals surface area contributed by atoms with Gasteiger partial charge in [-0.1, -0.05) is 72.8 Å². The fourth-order valence-corrected chi connectivity index (χ4v) is 12.9. The van der Waals surface area contributed by atoms with E-state index in [1.807, 2.05) is 72.8 Å². The minimum atomic E-state index is -2.69. The molecule has 0 saturated carbocycles. The highest BCUT2D eigenvalue weighted by Crippen LogP contribution is 2.59. The number of benzene rings is 4. The topological polar surface area (TPSA) is 90.0 Å². The number of ether oxygens (including phenoxy) is 1. The summed E-state index contributed by atoms with van der Waals surface area (Å²) in [7, 11) is -2.69. The first kappa shape index (κ1) is 35.6. The van der Waals surface area contributed by atoms with Crippen LogP contribution in [0.15, 0.2) is 133 Å². The zero-order valence-electron chi connectivity index (χ0n) is 27.3. The van der Waals surface area contributed by atoms with E-state index in [2.05, 4.69) is 36.4 Å². The summed E-state index contributed by atoms with van der Waals surface area (Å²) in [6.45, 7) is 6.78. The van der Waals surface area contributed by atoms with Crippen LogP contribution >= 0.6 is 7.26 Å². The van der Waals surface area contributed by atoms with E-state index < -0.39 is 40.8 Å². The van der Waals surface area contributed by atoms with Gasteiger partial charge in [0.05, 0.1) is 12.0 Å². The normalized spacial score (nSPS) is 19.1. The number of esters is 1. The molecular formula is C38H38BrN2O5PS. The molecular weight excluding hydrogens is 707 g/mol. The van der Waals surface area contributed by atoms with Crippen molar-refractivity contribution in [3.8, 4) is 0 Å². The third-order valence-corrected chi connectivity index (χ3v) is 14.6. The highest BCUT2D eigenvalue weighted by Gasteiger charge is 2.62. The fraction of sp³-hybridized carbons (Fsp3) is 0.237. The standard InChI is InChI=1S/C38H38N2O5PS.BrH/c1-27(41)39(28-17-9-5-10-18-28)36-32(35(37(43)45-38(2,3)4)40-33(42)25-34(40)47(36)44)26-46(29-19-11-6-12-20-29,30-21-13-7-14-22-30)31-23-15-8-16-24-31;/h5-24,34,36H,25-26H2,1-4H3;1H/q+1;/p-1/t34-,36?,47+;/m1./s1. The monoisotopic (exact) mass is 744 g/mol. The van der Waals surface area contributed by atoms with Gasteiger partial charge in [0.15, 0.2) is 0 Å². The molecule has 2 aliphatic heterocycles. The lowest BCUT2D eigenvalue weighted by molar-refractivity contribution is -0.157. The fourth-order valence-electron chi connectivity index (χ4n) is 6.47. The Morgan fingerprint density at radius 2 is 1.27 bits per heavy atom. The average molecular weight is 746 g/mol. The van der Waals surface area contributed by atoms with E-state index in [1.54, 1.807) is 32.9 Å². The number of hydrogen-bond acceptors (Lipinski definition) is 5. The zero-order chi connectivity index (χ0) is 33.3. The Morgan fingerprint density at radius 1 is 0.833 bits per heavy atom. The minimum absolute atomic E-state index is 0. The molecule has 7 nitrogen and oxygen atoms in total. The lowest BCUT2D eigenvalue weighted by Gasteiger charge is -2.50. The summed E-state index contributed by atoms with van der Waals surface area (Å²) in [6, 6.07) is 39.5. The van der Waals surface area contributed by atoms with E-state index in [0.29, 0.717) is 11.3 Å². The van der Waals surface area contributed by atoms with E-state index in [1.165, 1.54) is 16.7 Å². The lowest BCUT2D eigenvalue weighted by atomic mass is 10.1. The molecule has 3 atom stereocenters. The minimum Gasteiger partial charge on any atom is -1.00 e. The Labute approximate surface area is 296 Å². The second-order valence-electron chi connectivity index (χ2n) is 12.7. The van der Waals surface area contributed by atoms with Gasteiger partial charge in [-0.25, -0.2) is 4.79 Å². The maximum Gasteiger partial charge on any atom is 0.356 e. The molecule has 6 rings (SSSR count). The smallest absolute Gasteiger partial charge is 0.356 e. The third kappa shape index (κ3) is 6.61. The number of hydrogen-bond donors (Lipinski definition) is 0. The molecule has 1 fully saturated rings. The van der Waals surface area contributed by atoms with Crippen LogP contribution in [0.4, 0.5) is 5.69 Å². The van der Waals surface area contributed by atoms with Crippen molar-refractivity contribution in [1.82, 2.24) is 4.90 Å². The summed E-state index contributed by atoms with van der Waals surface area (Å²) < 4.78 is 20.7. The highest BCUT2D eigenvalue weighted by molar-refractivity contribution is 7.96. The average Bonchev–Trinajstić information content (AvgIpc) is 3.06. The van der Waals surface area contributed by atoms with Gasteiger partial charge < -0.3 is 26.3 Å². The molecule has 2 heterocycles. The van der Waals surface area contributed by atoms with Crippen molar-refractivity contribution in [2.45, 2.75) is 50.5 Å². The third-order valence-electron chi connectivity index (χ3n) is 8.44. The molecule has 2 aliphatic rings. The summed E-state index contributed by atoms with van der Waals surface area (Å²) in [5.74, 6) is -1.29. The van der Waals surface area contributed by atoms with E-state index in [4.69, 9.17) is 4.74 Å². The van der Waals surface area contributed by atoms with Crippen molar-refractivity contribution in [1.29, 1.82) is 0 Å². The molecule has 0 N–H and O–H groups in total. The summed E-state index contributed by atoms with van der Waals surface area (Å²) >= 11 is -1.77. The molecule has 0 spiro atoms. The van der Waals surface area contributed by atoms with Crippen LogP contribution in [-0.2, 0) is 30.3 Å². The number of carbonyl (C=O) groups is 3. The number of halogens is 1. The Balaban J connectivity index is 0.00000451.